The number of nitrogens with zero attached hydrogens (tertiary/aromatic N) is 1. The maximum Gasteiger partial charge on any atom is 0.237 e. The minimum Gasteiger partial charge on any atom is -0.353 e. The number of amides is 1. The molecule has 0 aliphatic carbocycles. The fraction of sp³-hybridized carbons (Fsp3) is 0.923. The number of nitrogens with one attached hydrogen (secondary N) is 2. The summed E-state index contributed by atoms with van der Waals surface area (Å²) in [6.45, 7) is 5.22. The third-order valence-corrected chi connectivity index (χ3v) is 3.80. The minimum atomic E-state index is 0. The molecule has 6 heteroatoms. The molecule has 2 saturated heterocycles. The highest BCUT2D eigenvalue weighted by molar-refractivity contribution is 5.85. The van der Waals surface area contributed by atoms with E-state index >= 15 is 0 Å². The van der Waals surface area contributed by atoms with Crippen LogP contribution in [0.2, 0.25) is 0 Å². The van der Waals surface area contributed by atoms with Crippen LogP contribution in [0.5, 0.6) is 0 Å². The molecule has 0 aromatic heterocycles. The number of rotatable bonds is 4. The van der Waals surface area contributed by atoms with Gasteiger partial charge in [0.15, 0.2) is 0 Å². The van der Waals surface area contributed by atoms with Gasteiger partial charge in [-0.05, 0) is 45.3 Å². The average molecular weight is 312 g/mol. The van der Waals surface area contributed by atoms with E-state index in [0.29, 0.717) is 0 Å². The predicted molar refractivity (Wildman–Crippen MR) is 83.4 cm³/mol. The number of likely N-dealkylation sites (tertiary alicyclic amines) is 1. The predicted octanol–water partition coefficient (Wildman–Crippen LogP) is 1.57. The first kappa shape index (κ1) is 19.0. The molecule has 0 spiro atoms. The lowest BCUT2D eigenvalue weighted by Gasteiger charge is -2.27. The van der Waals surface area contributed by atoms with Gasteiger partial charge in [0, 0.05) is 13.1 Å². The van der Waals surface area contributed by atoms with Crippen LogP contribution in [0.4, 0.5) is 0 Å². The van der Waals surface area contributed by atoms with Gasteiger partial charge in [0.2, 0.25) is 5.91 Å². The van der Waals surface area contributed by atoms with Crippen molar-refractivity contribution < 1.29 is 4.79 Å². The Labute approximate surface area is 128 Å². The van der Waals surface area contributed by atoms with Crippen molar-refractivity contribution in [1.29, 1.82) is 0 Å². The molecule has 2 aliphatic rings. The van der Waals surface area contributed by atoms with Gasteiger partial charge in [-0.25, -0.2) is 0 Å². The van der Waals surface area contributed by atoms with E-state index in [9.17, 15) is 4.79 Å². The molecule has 114 valence electrons. The van der Waals surface area contributed by atoms with Crippen LogP contribution >= 0.6 is 24.8 Å². The van der Waals surface area contributed by atoms with Crippen molar-refractivity contribution >= 4 is 30.7 Å². The van der Waals surface area contributed by atoms with Gasteiger partial charge in [0.05, 0.1) is 6.04 Å². The van der Waals surface area contributed by atoms with Gasteiger partial charge in [0.1, 0.15) is 0 Å². The molecular weight excluding hydrogens is 285 g/mol. The fourth-order valence-corrected chi connectivity index (χ4v) is 2.72. The molecule has 0 unspecified atom stereocenters. The molecule has 2 fully saturated rings. The lowest BCUT2D eigenvalue weighted by molar-refractivity contribution is -0.123. The monoisotopic (exact) mass is 311 g/mol. The van der Waals surface area contributed by atoms with Crippen molar-refractivity contribution in [1.82, 2.24) is 15.5 Å². The highest BCUT2D eigenvalue weighted by Gasteiger charge is 2.20. The molecule has 0 aromatic carbocycles. The maximum atomic E-state index is 11.8. The van der Waals surface area contributed by atoms with E-state index in [4.69, 9.17) is 0 Å². The topological polar surface area (TPSA) is 44.4 Å². The third kappa shape index (κ3) is 6.80. The number of hydrogen-bond donors (Lipinski definition) is 2. The summed E-state index contributed by atoms with van der Waals surface area (Å²) < 4.78 is 0. The number of halogens is 2. The van der Waals surface area contributed by atoms with E-state index in [2.05, 4.69) is 15.5 Å². The van der Waals surface area contributed by atoms with Gasteiger partial charge < -0.3 is 15.5 Å². The molecule has 0 bridgehead atoms. The van der Waals surface area contributed by atoms with Crippen molar-refractivity contribution in [3.05, 3.63) is 0 Å². The van der Waals surface area contributed by atoms with Crippen LogP contribution in [-0.2, 0) is 4.79 Å². The molecule has 0 saturated carbocycles. The lowest BCUT2D eigenvalue weighted by Crippen LogP contribution is -2.48. The van der Waals surface area contributed by atoms with E-state index < -0.39 is 0 Å². The highest BCUT2D eigenvalue weighted by atomic mass is 35.5. The second-order valence-electron chi connectivity index (χ2n) is 5.20. The Morgan fingerprint density at radius 3 is 2.47 bits per heavy atom. The Morgan fingerprint density at radius 2 is 1.84 bits per heavy atom. The van der Waals surface area contributed by atoms with Crippen LogP contribution in [-0.4, -0.2) is 49.6 Å². The maximum absolute atomic E-state index is 11.8. The molecule has 4 nitrogen and oxygen atoms in total. The third-order valence-electron chi connectivity index (χ3n) is 3.80. The van der Waals surface area contributed by atoms with Crippen LogP contribution < -0.4 is 10.6 Å². The van der Waals surface area contributed by atoms with Crippen molar-refractivity contribution in [3.63, 3.8) is 0 Å². The van der Waals surface area contributed by atoms with Gasteiger partial charge in [-0.2, -0.15) is 0 Å². The van der Waals surface area contributed by atoms with Gasteiger partial charge in [0.25, 0.3) is 0 Å². The molecule has 2 N–H and O–H groups in total. The van der Waals surface area contributed by atoms with Crippen LogP contribution in [0.1, 0.15) is 38.5 Å². The molecule has 19 heavy (non-hydrogen) atoms. The van der Waals surface area contributed by atoms with Crippen molar-refractivity contribution in [3.8, 4) is 0 Å². The zero-order valence-electron chi connectivity index (χ0n) is 11.5. The van der Waals surface area contributed by atoms with E-state index in [1.165, 1.54) is 45.2 Å². The SMILES string of the molecule is Cl.Cl.O=C(NCCN1CCCCC1)[C@@H]1CCCCN1. The quantitative estimate of drug-likeness (QED) is 0.828. The number of carbonyl (C=O) groups is 1. The normalized spacial score (nSPS) is 23.9. The Hall–Kier alpha value is -0.0300. The number of hydrogen-bond acceptors (Lipinski definition) is 3. The van der Waals surface area contributed by atoms with Crippen LogP contribution in [0, 0.1) is 0 Å². The summed E-state index contributed by atoms with van der Waals surface area (Å²) in [5, 5.41) is 6.34. The molecule has 2 aliphatic heterocycles. The van der Waals surface area contributed by atoms with Crippen molar-refractivity contribution in [2.45, 2.75) is 44.6 Å². The standard InChI is InChI=1S/C13H25N3O.2ClH/c17-13(12-6-2-3-7-14-12)15-8-11-16-9-4-1-5-10-16;;/h12,14H,1-11H2,(H,15,17);2*1H/t12-;;/m0../s1. The first-order valence-electron chi connectivity index (χ1n) is 7.10. The number of piperidine rings is 2. The molecule has 1 amide bonds. The summed E-state index contributed by atoms with van der Waals surface area (Å²) >= 11 is 0. The van der Waals surface area contributed by atoms with E-state index in [-0.39, 0.29) is 36.8 Å². The van der Waals surface area contributed by atoms with Crippen LogP contribution in [0.15, 0.2) is 0 Å². The van der Waals surface area contributed by atoms with Gasteiger partial charge >= 0.3 is 0 Å². The second kappa shape index (κ2) is 10.7. The zero-order chi connectivity index (χ0) is 11.9. The minimum absolute atomic E-state index is 0. The molecule has 0 radical (unpaired) electrons. The molecule has 2 heterocycles. The smallest absolute Gasteiger partial charge is 0.237 e. The summed E-state index contributed by atoms with van der Waals surface area (Å²) in [6.07, 6.45) is 7.38. The Morgan fingerprint density at radius 1 is 1.11 bits per heavy atom. The molecule has 0 aromatic rings. The van der Waals surface area contributed by atoms with Crippen molar-refractivity contribution in [2.75, 3.05) is 32.7 Å². The van der Waals surface area contributed by atoms with Gasteiger partial charge in [-0.15, -0.1) is 24.8 Å². The lowest BCUT2D eigenvalue weighted by atomic mass is 10.0. The fourth-order valence-electron chi connectivity index (χ4n) is 2.72. The summed E-state index contributed by atoms with van der Waals surface area (Å²) in [5.41, 5.74) is 0. The average Bonchev–Trinajstić information content (AvgIpc) is 2.41. The Balaban J connectivity index is 0.00000162. The van der Waals surface area contributed by atoms with Gasteiger partial charge in [-0.1, -0.05) is 12.8 Å². The van der Waals surface area contributed by atoms with E-state index in [1.807, 2.05) is 0 Å². The highest BCUT2D eigenvalue weighted by Crippen LogP contribution is 2.08. The first-order valence-corrected chi connectivity index (χ1v) is 7.10. The summed E-state index contributed by atoms with van der Waals surface area (Å²) in [5.74, 6) is 0.196. The Kier molecular flexibility index (Phi) is 10.7. The van der Waals surface area contributed by atoms with E-state index in [1.54, 1.807) is 0 Å². The zero-order valence-corrected chi connectivity index (χ0v) is 13.2. The summed E-state index contributed by atoms with van der Waals surface area (Å²) in [6, 6.07) is 0.0603. The molecular formula is C13H27Cl2N3O. The second-order valence-corrected chi connectivity index (χ2v) is 5.20. The van der Waals surface area contributed by atoms with Gasteiger partial charge in [-0.3, -0.25) is 4.79 Å². The Bertz CT molecular complexity index is 242. The summed E-state index contributed by atoms with van der Waals surface area (Å²) in [4.78, 5) is 14.3. The summed E-state index contributed by atoms with van der Waals surface area (Å²) in [7, 11) is 0. The van der Waals surface area contributed by atoms with Crippen molar-refractivity contribution in [2.24, 2.45) is 0 Å². The van der Waals surface area contributed by atoms with Crippen LogP contribution in [0.3, 0.4) is 0 Å². The largest absolute Gasteiger partial charge is 0.353 e. The molecule has 1 atom stereocenters. The van der Waals surface area contributed by atoms with E-state index in [0.717, 1.165) is 26.1 Å². The van der Waals surface area contributed by atoms with Crippen LogP contribution in [0.25, 0.3) is 0 Å². The first-order chi connectivity index (χ1) is 8.36. The molecule has 2 rings (SSSR count). The number of carbonyl (C=O) groups excluding carboxylic acids is 1.